The lowest BCUT2D eigenvalue weighted by Gasteiger charge is -2.23. The van der Waals surface area contributed by atoms with Gasteiger partial charge in [0.1, 0.15) is 5.76 Å². The molecule has 0 unspecified atom stereocenters. The number of furan rings is 1. The molecule has 1 aromatic heterocycles. The summed E-state index contributed by atoms with van der Waals surface area (Å²) in [5.74, 6) is 0.382. The molecule has 2 atom stereocenters. The van der Waals surface area contributed by atoms with Gasteiger partial charge in [-0.05, 0) is 50.3 Å². The molecule has 0 saturated carbocycles. The van der Waals surface area contributed by atoms with Crippen LogP contribution in [0, 0.1) is 5.92 Å². The summed E-state index contributed by atoms with van der Waals surface area (Å²) in [5.41, 5.74) is 2.08. The lowest BCUT2D eigenvalue weighted by atomic mass is 10.1. The van der Waals surface area contributed by atoms with E-state index < -0.39 is 0 Å². The largest absolute Gasteiger partial charge is 0.468 e. The Hall–Kier alpha value is -2.60. The number of carbonyl (C=O) groups excluding carboxylic acids is 2. The molecule has 0 spiro atoms. The van der Waals surface area contributed by atoms with Crippen molar-refractivity contribution in [3.05, 3.63) is 54.0 Å². The lowest BCUT2D eigenvalue weighted by molar-refractivity contribution is -0.126. The predicted molar refractivity (Wildman–Crippen MR) is 104 cm³/mol. The van der Waals surface area contributed by atoms with E-state index in [9.17, 15) is 9.59 Å². The molecular formula is C21H27N3O3. The maximum absolute atomic E-state index is 12.6. The third-order valence-corrected chi connectivity index (χ3v) is 5.12. The maximum Gasteiger partial charge on any atom is 0.227 e. The molecule has 0 aliphatic carbocycles. The number of aryl methyl sites for hydroxylation is 1. The summed E-state index contributed by atoms with van der Waals surface area (Å²) < 4.78 is 5.47. The monoisotopic (exact) mass is 369 g/mol. The zero-order chi connectivity index (χ0) is 19.4. The topological polar surface area (TPSA) is 65.8 Å². The molecule has 1 aliphatic heterocycles. The molecule has 27 heavy (non-hydrogen) atoms. The van der Waals surface area contributed by atoms with Gasteiger partial charge in [-0.15, -0.1) is 0 Å². The molecule has 1 aromatic carbocycles. The van der Waals surface area contributed by atoms with E-state index in [1.165, 1.54) is 5.56 Å². The number of amides is 2. The van der Waals surface area contributed by atoms with Crippen LogP contribution in [0.3, 0.4) is 0 Å². The van der Waals surface area contributed by atoms with Crippen molar-refractivity contribution >= 4 is 17.5 Å². The second-order valence-corrected chi connectivity index (χ2v) is 7.17. The van der Waals surface area contributed by atoms with Gasteiger partial charge in [-0.2, -0.15) is 0 Å². The minimum absolute atomic E-state index is 0.00501. The number of anilines is 1. The summed E-state index contributed by atoms with van der Waals surface area (Å²) in [6, 6.07) is 11.7. The number of hydrogen-bond acceptors (Lipinski definition) is 4. The molecule has 3 rings (SSSR count). The Balaban J connectivity index is 1.60. The molecule has 6 heteroatoms. The van der Waals surface area contributed by atoms with Gasteiger partial charge in [0, 0.05) is 25.2 Å². The standard InChI is InChI=1S/C21H27N3O3/c1-4-15-7-9-17(10-8-15)24-14-16(12-20(24)25)21(26)22-13-18(23(2)3)19-6-5-11-27-19/h5-11,16,18H,4,12-14H2,1-3H3,(H,22,26)/t16-,18+/m1/s1. The number of rotatable bonds is 7. The van der Waals surface area contributed by atoms with Gasteiger partial charge in [0.25, 0.3) is 0 Å². The van der Waals surface area contributed by atoms with Crippen LogP contribution in [-0.2, 0) is 16.0 Å². The lowest BCUT2D eigenvalue weighted by Crippen LogP contribution is -2.38. The van der Waals surface area contributed by atoms with Gasteiger partial charge in [-0.3, -0.25) is 14.5 Å². The Bertz CT molecular complexity index is 768. The Labute approximate surface area is 160 Å². The van der Waals surface area contributed by atoms with Gasteiger partial charge in [0.05, 0.1) is 18.2 Å². The van der Waals surface area contributed by atoms with Crippen molar-refractivity contribution in [1.29, 1.82) is 0 Å². The molecule has 1 saturated heterocycles. The van der Waals surface area contributed by atoms with Crippen molar-refractivity contribution in [2.45, 2.75) is 25.8 Å². The number of nitrogens with one attached hydrogen (secondary N) is 1. The Morgan fingerprint density at radius 1 is 1.30 bits per heavy atom. The van der Waals surface area contributed by atoms with Gasteiger partial charge in [-0.1, -0.05) is 19.1 Å². The van der Waals surface area contributed by atoms with Crippen molar-refractivity contribution in [2.24, 2.45) is 5.92 Å². The smallest absolute Gasteiger partial charge is 0.227 e. The SMILES string of the molecule is CCc1ccc(N2C[C@H](C(=O)NC[C@@H](c3ccco3)N(C)C)CC2=O)cc1. The van der Waals surface area contributed by atoms with Crippen LogP contribution in [0.15, 0.2) is 47.1 Å². The molecule has 2 amide bonds. The van der Waals surface area contributed by atoms with Gasteiger partial charge >= 0.3 is 0 Å². The third kappa shape index (κ3) is 4.39. The Morgan fingerprint density at radius 3 is 2.63 bits per heavy atom. The highest BCUT2D eigenvalue weighted by Crippen LogP contribution is 2.26. The minimum Gasteiger partial charge on any atom is -0.468 e. The molecule has 1 N–H and O–H groups in total. The van der Waals surface area contributed by atoms with Crippen LogP contribution in [-0.4, -0.2) is 43.9 Å². The van der Waals surface area contributed by atoms with E-state index in [-0.39, 0.29) is 30.2 Å². The molecule has 1 fully saturated rings. The van der Waals surface area contributed by atoms with E-state index in [1.54, 1.807) is 11.2 Å². The van der Waals surface area contributed by atoms with Crippen LogP contribution in [0.25, 0.3) is 0 Å². The first-order chi connectivity index (χ1) is 13.0. The number of nitrogens with zero attached hydrogens (tertiary/aromatic N) is 2. The molecule has 2 heterocycles. The number of carbonyl (C=O) groups is 2. The van der Waals surface area contributed by atoms with Gasteiger partial charge < -0.3 is 14.6 Å². The summed E-state index contributed by atoms with van der Waals surface area (Å²) in [5, 5.41) is 2.99. The highest BCUT2D eigenvalue weighted by molar-refractivity contribution is 6.00. The predicted octanol–water partition coefficient (Wildman–Crippen LogP) is 2.61. The van der Waals surface area contributed by atoms with Crippen LogP contribution < -0.4 is 10.2 Å². The Morgan fingerprint density at radius 2 is 2.04 bits per heavy atom. The van der Waals surface area contributed by atoms with Crippen molar-refractivity contribution in [3.8, 4) is 0 Å². The molecule has 0 radical (unpaired) electrons. The van der Waals surface area contributed by atoms with Gasteiger partial charge in [0.2, 0.25) is 11.8 Å². The van der Waals surface area contributed by atoms with Gasteiger partial charge in [0.15, 0.2) is 0 Å². The average Bonchev–Trinajstić information content (AvgIpc) is 3.31. The van der Waals surface area contributed by atoms with E-state index in [1.807, 2.05) is 55.4 Å². The fraction of sp³-hybridized carbons (Fsp3) is 0.429. The number of benzene rings is 1. The van der Waals surface area contributed by atoms with Gasteiger partial charge in [-0.25, -0.2) is 0 Å². The zero-order valence-corrected chi connectivity index (χ0v) is 16.1. The molecular weight excluding hydrogens is 342 g/mol. The van der Waals surface area contributed by atoms with Crippen LogP contribution in [0.5, 0.6) is 0 Å². The first-order valence-corrected chi connectivity index (χ1v) is 9.36. The first kappa shape index (κ1) is 19.2. The first-order valence-electron chi connectivity index (χ1n) is 9.36. The summed E-state index contributed by atoms with van der Waals surface area (Å²) in [6.07, 6.45) is 2.84. The summed E-state index contributed by atoms with van der Waals surface area (Å²) in [4.78, 5) is 28.7. The molecule has 0 bridgehead atoms. The average molecular weight is 369 g/mol. The van der Waals surface area contributed by atoms with Crippen LogP contribution >= 0.6 is 0 Å². The summed E-state index contributed by atoms with van der Waals surface area (Å²) in [6.45, 7) is 2.96. The van der Waals surface area contributed by atoms with Crippen LogP contribution in [0.1, 0.15) is 30.7 Å². The number of likely N-dealkylation sites (N-methyl/N-ethyl adjacent to an activating group) is 1. The van der Waals surface area contributed by atoms with E-state index in [0.717, 1.165) is 17.9 Å². The van der Waals surface area contributed by atoms with Crippen molar-refractivity contribution < 1.29 is 14.0 Å². The van der Waals surface area contributed by atoms with Crippen LogP contribution in [0.4, 0.5) is 5.69 Å². The fourth-order valence-electron chi connectivity index (χ4n) is 3.40. The van der Waals surface area contributed by atoms with E-state index in [4.69, 9.17) is 4.42 Å². The minimum atomic E-state index is -0.331. The number of hydrogen-bond donors (Lipinski definition) is 1. The highest BCUT2D eigenvalue weighted by atomic mass is 16.3. The quantitative estimate of drug-likeness (QED) is 0.815. The van der Waals surface area contributed by atoms with Crippen molar-refractivity contribution in [1.82, 2.24) is 10.2 Å². The van der Waals surface area contributed by atoms with E-state index in [2.05, 4.69) is 12.2 Å². The van der Waals surface area contributed by atoms with Crippen LogP contribution in [0.2, 0.25) is 0 Å². The molecule has 2 aromatic rings. The third-order valence-electron chi connectivity index (χ3n) is 5.12. The summed E-state index contributed by atoms with van der Waals surface area (Å²) in [7, 11) is 3.89. The molecule has 6 nitrogen and oxygen atoms in total. The van der Waals surface area contributed by atoms with E-state index in [0.29, 0.717) is 13.1 Å². The molecule has 144 valence electrons. The van der Waals surface area contributed by atoms with Crippen molar-refractivity contribution in [3.63, 3.8) is 0 Å². The maximum atomic E-state index is 12.6. The normalized spacial score (nSPS) is 18.1. The zero-order valence-electron chi connectivity index (χ0n) is 16.1. The van der Waals surface area contributed by atoms with Crippen molar-refractivity contribution in [2.75, 3.05) is 32.1 Å². The summed E-state index contributed by atoms with van der Waals surface area (Å²) >= 11 is 0. The second kappa shape index (κ2) is 8.39. The molecule has 1 aliphatic rings. The highest BCUT2D eigenvalue weighted by Gasteiger charge is 2.35. The fourth-order valence-corrected chi connectivity index (χ4v) is 3.40. The second-order valence-electron chi connectivity index (χ2n) is 7.17. The van der Waals surface area contributed by atoms with E-state index >= 15 is 0 Å². The Kier molecular flexibility index (Phi) is 5.96.